The molecule has 0 fully saturated rings. The van der Waals surface area contributed by atoms with Gasteiger partial charge in [-0.2, -0.15) is 0 Å². The lowest BCUT2D eigenvalue weighted by atomic mass is 10.0. The van der Waals surface area contributed by atoms with Crippen LogP contribution in [0.5, 0.6) is 5.75 Å². The Balaban J connectivity index is 2.28. The third kappa shape index (κ3) is 2.50. The topological polar surface area (TPSA) is 42.1 Å². The number of aromatic nitrogens is 1. The molecule has 0 aliphatic heterocycles. The van der Waals surface area contributed by atoms with E-state index in [0.29, 0.717) is 21.3 Å². The zero-order valence-corrected chi connectivity index (χ0v) is 12.6. The number of H-pyrrole nitrogens is 1. The van der Waals surface area contributed by atoms with Gasteiger partial charge in [0.15, 0.2) is 0 Å². The Labute approximate surface area is 131 Å². The van der Waals surface area contributed by atoms with Crippen LogP contribution in [0.1, 0.15) is 0 Å². The highest BCUT2D eigenvalue weighted by Gasteiger charge is 2.12. The molecule has 2 aromatic carbocycles. The first kappa shape index (κ1) is 14.0. The van der Waals surface area contributed by atoms with Crippen molar-refractivity contribution in [2.75, 3.05) is 7.11 Å². The summed E-state index contributed by atoms with van der Waals surface area (Å²) < 4.78 is 5.37. The normalized spacial score (nSPS) is 10.8. The first-order valence-corrected chi connectivity index (χ1v) is 7.01. The van der Waals surface area contributed by atoms with Gasteiger partial charge in [0.05, 0.1) is 12.1 Å². The van der Waals surface area contributed by atoms with Crippen molar-refractivity contribution in [2.45, 2.75) is 0 Å². The van der Waals surface area contributed by atoms with E-state index in [1.165, 1.54) is 6.07 Å². The molecule has 0 saturated heterocycles. The second-order valence-electron chi connectivity index (χ2n) is 4.56. The fourth-order valence-corrected chi connectivity index (χ4v) is 2.79. The van der Waals surface area contributed by atoms with Gasteiger partial charge in [0.2, 0.25) is 5.56 Å². The molecule has 3 nitrogen and oxygen atoms in total. The predicted octanol–water partition coefficient (Wildman–Crippen LogP) is 4.51. The minimum absolute atomic E-state index is 0.157. The molecule has 0 aliphatic rings. The summed E-state index contributed by atoms with van der Waals surface area (Å²) >= 11 is 12.5. The molecule has 106 valence electrons. The van der Waals surface area contributed by atoms with E-state index >= 15 is 0 Å². The number of aromatic amines is 1. The van der Waals surface area contributed by atoms with Crippen LogP contribution >= 0.6 is 23.2 Å². The van der Waals surface area contributed by atoms with E-state index in [1.54, 1.807) is 25.3 Å². The van der Waals surface area contributed by atoms with E-state index < -0.39 is 0 Å². The zero-order valence-electron chi connectivity index (χ0n) is 11.1. The molecule has 1 heterocycles. The molecule has 0 spiro atoms. The molecule has 5 heteroatoms. The highest BCUT2D eigenvalue weighted by Crippen LogP contribution is 2.39. The van der Waals surface area contributed by atoms with Crippen molar-refractivity contribution < 1.29 is 4.74 Å². The highest BCUT2D eigenvalue weighted by atomic mass is 35.5. The fourth-order valence-electron chi connectivity index (χ4n) is 2.29. The van der Waals surface area contributed by atoms with Crippen LogP contribution in [0.4, 0.5) is 0 Å². The standard InChI is InChI=1S/C16H11Cl2NO2/c1-21-14-8-9(17)2-3-10(14)11-4-6-13-12(16(11)18)5-7-15(20)19-13/h2-8H,1H3,(H,19,20). The van der Waals surface area contributed by atoms with Crippen LogP contribution in [-0.2, 0) is 0 Å². The van der Waals surface area contributed by atoms with E-state index in [-0.39, 0.29) is 5.56 Å². The van der Waals surface area contributed by atoms with Gasteiger partial charge in [0.25, 0.3) is 0 Å². The first-order valence-electron chi connectivity index (χ1n) is 6.25. The molecule has 0 atom stereocenters. The molecule has 0 saturated carbocycles. The van der Waals surface area contributed by atoms with Gasteiger partial charge in [-0.3, -0.25) is 4.79 Å². The summed E-state index contributed by atoms with van der Waals surface area (Å²) in [5.74, 6) is 0.646. The lowest BCUT2D eigenvalue weighted by molar-refractivity contribution is 0.416. The van der Waals surface area contributed by atoms with Crippen molar-refractivity contribution in [3.63, 3.8) is 0 Å². The lowest BCUT2D eigenvalue weighted by Crippen LogP contribution is -2.02. The van der Waals surface area contributed by atoms with Crippen LogP contribution in [-0.4, -0.2) is 12.1 Å². The molecule has 0 radical (unpaired) electrons. The summed E-state index contributed by atoms with van der Waals surface area (Å²) in [5.41, 5.74) is 2.21. The Morgan fingerprint density at radius 3 is 2.52 bits per heavy atom. The molecule has 3 rings (SSSR count). The lowest BCUT2D eigenvalue weighted by Gasteiger charge is -2.12. The van der Waals surface area contributed by atoms with Gasteiger partial charge >= 0.3 is 0 Å². The quantitative estimate of drug-likeness (QED) is 0.755. The second kappa shape index (κ2) is 5.43. The monoisotopic (exact) mass is 319 g/mol. The Bertz CT molecular complexity index is 887. The van der Waals surface area contributed by atoms with Crippen molar-refractivity contribution in [1.82, 2.24) is 4.98 Å². The van der Waals surface area contributed by atoms with Gasteiger partial charge in [-0.05, 0) is 30.3 Å². The largest absolute Gasteiger partial charge is 0.496 e. The maximum absolute atomic E-state index is 11.4. The third-order valence-corrected chi connectivity index (χ3v) is 3.94. The van der Waals surface area contributed by atoms with Gasteiger partial charge in [-0.25, -0.2) is 0 Å². The number of hydrogen-bond acceptors (Lipinski definition) is 2. The van der Waals surface area contributed by atoms with Crippen LogP contribution in [0, 0.1) is 0 Å². The first-order chi connectivity index (χ1) is 10.1. The number of pyridine rings is 1. The van der Waals surface area contributed by atoms with E-state index in [0.717, 1.165) is 16.5 Å². The summed E-state index contributed by atoms with van der Waals surface area (Å²) in [7, 11) is 1.58. The van der Waals surface area contributed by atoms with Crippen LogP contribution < -0.4 is 10.3 Å². The zero-order chi connectivity index (χ0) is 15.0. The number of halogens is 2. The summed E-state index contributed by atoms with van der Waals surface area (Å²) in [6.07, 6.45) is 0. The van der Waals surface area contributed by atoms with E-state index in [1.807, 2.05) is 18.2 Å². The minimum atomic E-state index is -0.157. The fraction of sp³-hybridized carbons (Fsp3) is 0.0625. The van der Waals surface area contributed by atoms with Gasteiger partial charge in [0.1, 0.15) is 5.75 Å². The van der Waals surface area contributed by atoms with E-state index in [4.69, 9.17) is 27.9 Å². The Morgan fingerprint density at radius 1 is 1.00 bits per heavy atom. The molecule has 3 aromatic rings. The van der Waals surface area contributed by atoms with Gasteiger partial charge in [0, 0.05) is 33.1 Å². The Hall–Kier alpha value is -1.97. The number of fused-ring (bicyclic) bond motifs is 1. The Kier molecular flexibility index (Phi) is 3.62. The van der Waals surface area contributed by atoms with Crippen molar-refractivity contribution in [2.24, 2.45) is 0 Å². The van der Waals surface area contributed by atoms with Crippen molar-refractivity contribution in [1.29, 1.82) is 0 Å². The van der Waals surface area contributed by atoms with Gasteiger partial charge < -0.3 is 9.72 Å². The second-order valence-corrected chi connectivity index (χ2v) is 5.37. The summed E-state index contributed by atoms with van der Waals surface area (Å²) in [6, 6.07) is 12.2. The number of rotatable bonds is 2. The minimum Gasteiger partial charge on any atom is -0.496 e. The smallest absolute Gasteiger partial charge is 0.248 e. The number of methoxy groups -OCH3 is 1. The Morgan fingerprint density at radius 2 is 1.76 bits per heavy atom. The maximum Gasteiger partial charge on any atom is 0.248 e. The summed E-state index contributed by atoms with van der Waals surface area (Å²) in [6.45, 7) is 0. The highest BCUT2D eigenvalue weighted by molar-refractivity contribution is 6.38. The van der Waals surface area contributed by atoms with Crippen LogP contribution in [0.2, 0.25) is 10.0 Å². The number of hydrogen-bond donors (Lipinski definition) is 1. The third-order valence-electron chi connectivity index (χ3n) is 3.29. The van der Waals surface area contributed by atoms with Crippen LogP contribution in [0.15, 0.2) is 47.3 Å². The average Bonchev–Trinajstić information content (AvgIpc) is 2.48. The number of nitrogens with one attached hydrogen (secondary N) is 1. The summed E-state index contributed by atoms with van der Waals surface area (Å²) in [4.78, 5) is 14.1. The summed E-state index contributed by atoms with van der Waals surface area (Å²) in [5, 5.41) is 1.94. The van der Waals surface area contributed by atoms with Crippen molar-refractivity contribution >= 4 is 34.1 Å². The molecule has 0 unspecified atom stereocenters. The average molecular weight is 320 g/mol. The van der Waals surface area contributed by atoms with Crippen LogP contribution in [0.3, 0.4) is 0 Å². The molecule has 0 bridgehead atoms. The molecule has 21 heavy (non-hydrogen) atoms. The molecule has 1 N–H and O–H groups in total. The number of benzene rings is 2. The molecule has 0 amide bonds. The SMILES string of the molecule is COc1cc(Cl)ccc1-c1ccc2[nH]c(=O)ccc2c1Cl. The maximum atomic E-state index is 11.4. The van der Waals surface area contributed by atoms with Gasteiger partial charge in [-0.1, -0.05) is 29.3 Å². The molecule has 0 aliphatic carbocycles. The molecule has 1 aromatic heterocycles. The van der Waals surface area contributed by atoms with Crippen molar-refractivity contribution in [3.8, 4) is 16.9 Å². The van der Waals surface area contributed by atoms with E-state index in [9.17, 15) is 4.79 Å². The van der Waals surface area contributed by atoms with Crippen LogP contribution in [0.25, 0.3) is 22.0 Å². The van der Waals surface area contributed by atoms with Gasteiger partial charge in [-0.15, -0.1) is 0 Å². The molecular formula is C16H11Cl2NO2. The molecular weight excluding hydrogens is 309 g/mol. The van der Waals surface area contributed by atoms with E-state index in [2.05, 4.69) is 4.98 Å². The van der Waals surface area contributed by atoms with Crippen molar-refractivity contribution in [3.05, 3.63) is 62.9 Å². The predicted molar refractivity (Wildman–Crippen MR) is 86.6 cm³/mol. The number of ether oxygens (including phenoxy) is 1.